The van der Waals surface area contributed by atoms with E-state index in [0.717, 1.165) is 46.6 Å². The molecule has 3 aromatic carbocycles. The quantitative estimate of drug-likeness (QED) is 0.351. The monoisotopic (exact) mass is 469 g/mol. The molecule has 0 bridgehead atoms. The van der Waals surface area contributed by atoms with Crippen LogP contribution >= 0.6 is 0 Å². The van der Waals surface area contributed by atoms with Crippen LogP contribution in [0, 0.1) is 41.9 Å². The smallest absolute Gasteiger partial charge is 0.132 e. The summed E-state index contributed by atoms with van der Waals surface area (Å²) < 4.78 is 0. The van der Waals surface area contributed by atoms with E-state index in [2.05, 4.69) is 118 Å². The fourth-order valence-electron chi connectivity index (χ4n) is 4.67. The lowest BCUT2D eigenvalue weighted by Gasteiger charge is -2.30. The van der Waals surface area contributed by atoms with Crippen LogP contribution in [0.3, 0.4) is 0 Å². The predicted octanol–water partition coefficient (Wildman–Crippen LogP) is 8.88. The Bertz CT molecular complexity index is 1340. The molecule has 0 atom stereocenters. The number of anilines is 3. The summed E-state index contributed by atoms with van der Waals surface area (Å²) in [7, 11) is 0. The van der Waals surface area contributed by atoms with Gasteiger partial charge in [0.25, 0.3) is 0 Å². The van der Waals surface area contributed by atoms with Gasteiger partial charge in [0.2, 0.25) is 0 Å². The van der Waals surface area contributed by atoms with Crippen LogP contribution in [0.15, 0.2) is 102 Å². The lowest BCUT2D eigenvalue weighted by atomic mass is 9.74. The van der Waals surface area contributed by atoms with Crippen LogP contribution in [-0.4, -0.2) is 0 Å². The predicted molar refractivity (Wildman–Crippen MR) is 149 cm³/mol. The summed E-state index contributed by atoms with van der Waals surface area (Å²) in [5, 5.41) is 18.6. The van der Waals surface area contributed by atoms with Crippen LogP contribution in [0.4, 0.5) is 17.1 Å². The van der Waals surface area contributed by atoms with Gasteiger partial charge in [0.1, 0.15) is 17.7 Å². The topological polar surface area (TPSA) is 50.8 Å². The second-order valence-electron chi connectivity index (χ2n) is 10.3. The average molecular weight is 470 g/mol. The summed E-state index contributed by atoms with van der Waals surface area (Å²) in [5.41, 5.74) is 9.08. The van der Waals surface area contributed by atoms with Crippen LogP contribution in [0.5, 0.6) is 0 Å². The zero-order valence-corrected chi connectivity index (χ0v) is 21.4. The van der Waals surface area contributed by atoms with E-state index in [1.807, 2.05) is 18.2 Å². The molecule has 0 unspecified atom stereocenters. The first-order chi connectivity index (χ1) is 17.3. The molecular formula is C33H31N3. The minimum absolute atomic E-state index is 0.00907. The summed E-state index contributed by atoms with van der Waals surface area (Å²) in [6.45, 7) is 8.56. The maximum absolute atomic E-state index is 9.32. The van der Waals surface area contributed by atoms with Crippen molar-refractivity contribution >= 4 is 23.1 Å². The Kier molecular flexibility index (Phi) is 7.23. The van der Waals surface area contributed by atoms with Crippen molar-refractivity contribution in [3.8, 4) is 12.1 Å². The third-order valence-corrected chi connectivity index (χ3v) is 6.48. The van der Waals surface area contributed by atoms with Gasteiger partial charge in [0.05, 0.1) is 0 Å². The number of rotatable bonds is 5. The zero-order chi connectivity index (χ0) is 25.7. The van der Waals surface area contributed by atoms with Crippen LogP contribution < -0.4 is 4.90 Å². The highest BCUT2D eigenvalue weighted by molar-refractivity contribution is 5.77. The van der Waals surface area contributed by atoms with Crippen LogP contribution in [0.1, 0.15) is 43.4 Å². The Balaban J connectivity index is 1.63. The summed E-state index contributed by atoms with van der Waals surface area (Å²) in [6.07, 6.45) is 7.87. The molecule has 0 fully saturated rings. The zero-order valence-electron chi connectivity index (χ0n) is 21.4. The summed E-state index contributed by atoms with van der Waals surface area (Å²) >= 11 is 0. The fraction of sp³-hybridized carbons (Fsp3) is 0.212. The number of hydrogen-bond donors (Lipinski definition) is 0. The first kappa shape index (κ1) is 24.8. The molecule has 178 valence electrons. The molecule has 3 heteroatoms. The van der Waals surface area contributed by atoms with E-state index in [1.165, 1.54) is 11.1 Å². The van der Waals surface area contributed by atoms with Crippen molar-refractivity contribution in [2.75, 3.05) is 4.90 Å². The van der Waals surface area contributed by atoms with Crippen molar-refractivity contribution in [1.82, 2.24) is 0 Å². The Morgan fingerprint density at radius 3 is 1.67 bits per heavy atom. The molecule has 0 aromatic heterocycles. The number of hydrogen-bond acceptors (Lipinski definition) is 3. The third kappa shape index (κ3) is 5.83. The third-order valence-electron chi connectivity index (χ3n) is 6.48. The van der Waals surface area contributed by atoms with Crippen molar-refractivity contribution in [3.63, 3.8) is 0 Å². The summed E-state index contributed by atoms with van der Waals surface area (Å²) in [6, 6.07) is 29.8. The number of nitrogens with zero attached hydrogens (tertiary/aromatic N) is 3. The van der Waals surface area contributed by atoms with Crippen molar-refractivity contribution < 1.29 is 0 Å². The molecule has 1 aliphatic carbocycles. The lowest BCUT2D eigenvalue weighted by molar-refractivity contribution is 0.354. The average Bonchev–Trinajstić information content (AvgIpc) is 2.86. The van der Waals surface area contributed by atoms with Crippen molar-refractivity contribution in [3.05, 3.63) is 118 Å². The molecule has 0 amide bonds. The standard InChI is InChI=1S/C33H31N3/c1-24-5-13-30(14-6-24)36(31-15-7-25(2)8-16-31)32-17-11-26(12-18-32)9-10-27-19-28(29(22-34)23-35)21-33(3,4)20-27/h5-19H,20-21H2,1-4H3/b10-9+. The van der Waals surface area contributed by atoms with Gasteiger partial charge in [-0.25, -0.2) is 0 Å². The minimum Gasteiger partial charge on any atom is -0.311 e. The van der Waals surface area contributed by atoms with Gasteiger partial charge in [-0.1, -0.05) is 79.6 Å². The van der Waals surface area contributed by atoms with Gasteiger partial charge in [0, 0.05) is 17.1 Å². The van der Waals surface area contributed by atoms with Crippen LogP contribution in [-0.2, 0) is 0 Å². The molecule has 0 aliphatic heterocycles. The molecule has 0 radical (unpaired) electrons. The minimum atomic E-state index is 0.00907. The van der Waals surface area contributed by atoms with Crippen molar-refractivity contribution in [2.24, 2.45) is 5.41 Å². The van der Waals surface area contributed by atoms with Gasteiger partial charge in [-0.15, -0.1) is 0 Å². The second-order valence-corrected chi connectivity index (χ2v) is 10.3. The molecule has 36 heavy (non-hydrogen) atoms. The van der Waals surface area contributed by atoms with Gasteiger partial charge in [-0.3, -0.25) is 0 Å². The Morgan fingerprint density at radius 2 is 1.19 bits per heavy atom. The Morgan fingerprint density at radius 1 is 0.722 bits per heavy atom. The maximum atomic E-state index is 9.32. The van der Waals surface area contributed by atoms with Gasteiger partial charge >= 0.3 is 0 Å². The number of nitriles is 2. The molecule has 3 aromatic rings. The van der Waals surface area contributed by atoms with Crippen LogP contribution in [0.25, 0.3) is 6.08 Å². The van der Waals surface area contributed by atoms with E-state index in [-0.39, 0.29) is 11.0 Å². The number of benzene rings is 3. The fourth-order valence-corrected chi connectivity index (χ4v) is 4.67. The SMILES string of the molecule is Cc1ccc(N(c2ccc(C)cc2)c2ccc(/C=C/C3=CC(=C(C#N)C#N)CC(C)(C)C3)cc2)cc1. The second kappa shape index (κ2) is 10.5. The number of aryl methyl sites for hydroxylation is 2. The van der Waals surface area contributed by atoms with Gasteiger partial charge in [-0.2, -0.15) is 10.5 Å². The molecular weight excluding hydrogens is 438 g/mol. The van der Waals surface area contributed by atoms with Gasteiger partial charge in [-0.05, 0) is 85.2 Å². The maximum Gasteiger partial charge on any atom is 0.132 e. The highest BCUT2D eigenvalue weighted by Crippen LogP contribution is 2.40. The lowest BCUT2D eigenvalue weighted by Crippen LogP contribution is -2.17. The Hall–Kier alpha value is -4.34. The molecule has 0 saturated heterocycles. The van der Waals surface area contributed by atoms with E-state index in [0.29, 0.717) is 0 Å². The van der Waals surface area contributed by atoms with E-state index in [9.17, 15) is 10.5 Å². The highest BCUT2D eigenvalue weighted by atomic mass is 15.1. The molecule has 0 N–H and O–H groups in total. The number of allylic oxidation sites excluding steroid dienone is 5. The molecule has 0 saturated carbocycles. The normalized spacial score (nSPS) is 14.6. The van der Waals surface area contributed by atoms with E-state index < -0.39 is 0 Å². The molecule has 1 aliphatic rings. The van der Waals surface area contributed by atoms with E-state index in [1.54, 1.807) is 0 Å². The summed E-state index contributed by atoms with van der Waals surface area (Å²) in [4.78, 5) is 2.26. The Labute approximate surface area is 214 Å². The molecule has 0 heterocycles. The van der Waals surface area contributed by atoms with Crippen molar-refractivity contribution in [1.29, 1.82) is 10.5 Å². The van der Waals surface area contributed by atoms with Gasteiger partial charge in [0.15, 0.2) is 0 Å². The molecule has 0 spiro atoms. The van der Waals surface area contributed by atoms with Crippen molar-refractivity contribution in [2.45, 2.75) is 40.5 Å². The van der Waals surface area contributed by atoms with Gasteiger partial charge < -0.3 is 4.90 Å². The molecule has 3 nitrogen and oxygen atoms in total. The van der Waals surface area contributed by atoms with E-state index >= 15 is 0 Å². The van der Waals surface area contributed by atoms with Crippen LogP contribution in [0.2, 0.25) is 0 Å². The highest BCUT2D eigenvalue weighted by Gasteiger charge is 2.26. The summed E-state index contributed by atoms with van der Waals surface area (Å²) in [5.74, 6) is 0. The largest absolute Gasteiger partial charge is 0.311 e. The molecule has 4 rings (SSSR count). The first-order valence-corrected chi connectivity index (χ1v) is 12.2. The first-order valence-electron chi connectivity index (χ1n) is 12.2. The van der Waals surface area contributed by atoms with E-state index in [4.69, 9.17) is 0 Å².